The summed E-state index contributed by atoms with van der Waals surface area (Å²) in [5.41, 5.74) is 23.3. The standard InChI is InChI=1S/C31H45N5O2S/c1-19(30(3,4)5)14-26(27(18-33)39-13-12-32)36-29(38)22-11-9-10-21(15-22)28(37)35-25-17-23(31(6,7)8)16-24(34)20(25)2/h9-11,14-17H,12-13,18,32-34H2,1-8H3,(H,35,37)(H,36,38)/b19-14+,27-26-. The summed E-state index contributed by atoms with van der Waals surface area (Å²) in [4.78, 5) is 27.4. The van der Waals surface area contributed by atoms with Crippen LogP contribution in [0.15, 0.2) is 58.6 Å². The molecule has 2 amide bonds. The quantitative estimate of drug-likeness (QED) is 0.200. The SMILES string of the molecule is C/C(=C\C(NC(=O)c1cccc(C(=O)Nc2cc(C(C)(C)C)cc(N)c2C)c1)=C(/CN)SCCN)C(C)(C)C. The molecule has 0 spiro atoms. The van der Waals surface area contributed by atoms with Crippen molar-refractivity contribution in [1.82, 2.24) is 5.32 Å². The molecule has 212 valence electrons. The van der Waals surface area contributed by atoms with E-state index in [4.69, 9.17) is 17.2 Å². The van der Waals surface area contributed by atoms with Crippen LogP contribution in [-0.2, 0) is 5.41 Å². The van der Waals surface area contributed by atoms with Gasteiger partial charge in [0.2, 0.25) is 0 Å². The molecule has 2 aromatic rings. The molecule has 0 bridgehead atoms. The van der Waals surface area contributed by atoms with Gasteiger partial charge in [-0.2, -0.15) is 0 Å². The summed E-state index contributed by atoms with van der Waals surface area (Å²) in [6.45, 7) is 17.3. The van der Waals surface area contributed by atoms with E-state index in [2.05, 4.69) is 52.2 Å². The van der Waals surface area contributed by atoms with Gasteiger partial charge < -0.3 is 27.8 Å². The van der Waals surface area contributed by atoms with Crippen molar-refractivity contribution in [1.29, 1.82) is 0 Å². The number of nitrogens with two attached hydrogens (primary N) is 3. The Morgan fingerprint density at radius 1 is 0.974 bits per heavy atom. The fourth-order valence-corrected chi connectivity index (χ4v) is 4.29. The Kier molecular flexibility index (Phi) is 11.0. The Morgan fingerprint density at radius 2 is 1.59 bits per heavy atom. The number of anilines is 2. The number of nitrogen functional groups attached to an aromatic ring is 1. The van der Waals surface area contributed by atoms with E-state index in [1.807, 2.05) is 32.1 Å². The zero-order valence-electron chi connectivity index (χ0n) is 24.6. The van der Waals surface area contributed by atoms with E-state index >= 15 is 0 Å². The highest BCUT2D eigenvalue weighted by atomic mass is 32.2. The van der Waals surface area contributed by atoms with Gasteiger partial charge in [0, 0.05) is 46.2 Å². The van der Waals surface area contributed by atoms with Crippen LogP contribution >= 0.6 is 11.8 Å². The fraction of sp³-hybridized carbons (Fsp3) is 0.419. The maximum Gasteiger partial charge on any atom is 0.255 e. The monoisotopic (exact) mass is 551 g/mol. The van der Waals surface area contributed by atoms with Crippen molar-refractivity contribution in [2.75, 3.05) is 29.9 Å². The molecule has 0 fully saturated rings. The Labute approximate surface area is 238 Å². The molecule has 0 aliphatic rings. The van der Waals surface area contributed by atoms with E-state index in [9.17, 15) is 9.59 Å². The summed E-state index contributed by atoms with van der Waals surface area (Å²) in [7, 11) is 0. The number of hydrogen-bond donors (Lipinski definition) is 5. The Morgan fingerprint density at radius 3 is 2.13 bits per heavy atom. The van der Waals surface area contributed by atoms with E-state index in [0.717, 1.165) is 21.6 Å². The van der Waals surface area contributed by atoms with Crippen LogP contribution in [-0.4, -0.2) is 30.7 Å². The number of amides is 2. The lowest BCUT2D eigenvalue weighted by atomic mass is 9.85. The van der Waals surface area contributed by atoms with Crippen LogP contribution in [0.4, 0.5) is 11.4 Å². The predicted molar refractivity (Wildman–Crippen MR) is 167 cm³/mol. The molecule has 39 heavy (non-hydrogen) atoms. The van der Waals surface area contributed by atoms with Gasteiger partial charge >= 0.3 is 0 Å². The first kappa shape index (κ1) is 32.1. The Balaban J connectivity index is 2.39. The van der Waals surface area contributed by atoms with E-state index in [1.54, 1.807) is 24.3 Å². The second-order valence-corrected chi connectivity index (χ2v) is 12.9. The van der Waals surface area contributed by atoms with Gasteiger partial charge in [-0.05, 0) is 72.2 Å². The summed E-state index contributed by atoms with van der Waals surface area (Å²) in [5, 5.41) is 6.01. The van der Waals surface area contributed by atoms with Crippen LogP contribution in [0, 0.1) is 12.3 Å². The Hall–Kier alpha value is -3.07. The number of thioether (sulfide) groups is 1. The zero-order chi connectivity index (χ0) is 29.5. The minimum Gasteiger partial charge on any atom is -0.398 e. The Bertz CT molecular complexity index is 1270. The minimum absolute atomic E-state index is 0.0853. The number of nitrogens with one attached hydrogen (secondary N) is 2. The maximum atomic E-state index is 13.4. The largest absolute Gasteiger partial charge is 0.398 e. The molecule has 2 rings (SSSR count). The van der Waals surface area contributed by atoms with Crippen molar-refractivity contribution in [2.24, 2.45) is 16.9 Å². The zero-order valence-corrected chi connectivity index (χ0v) is 25.4. The lowest BCUT2D eigenvalue weighted by Gasteiger charge is -2.22. The van der Waals surface area contributed by atoms with Gasteiger partial charge in [-0.15, -0.1) is 11.8 Å². The molecule has 0 unspecified atom stereocenters. The molecular formula is C31H45N5O2S. The average molecular weight is 552 g/mol. The molecule has 0 aliphatic heterocycles. The van der Waals surface area contributed by atoms with Crippen molar-refractivity contribution in [2.45, 2.75) is 60.8 Å². The van der Waals surface area contributed by atoms with Crippen LogP contribution in [0.5, 0.6) is 0 Å². The van der Waals surface area contributed by atoms with Crippen molar-refractivity contribution < 1.29 is 9.59 Å². The van der Waals surface area contributed by atoms with Gasteiger partial charge in [-0.1, -0.05) is 53.2 Å². The molecule has 0 heterocycles. The van der Waals surface area contributed by atoms with Gasteiger partial charge in [-0.3, -0.25) is 9.59 Å². The van der Waals surface area contributed by atoms with Crippen LogP contribution in [0.3, 0.4) is 0 Å². The first-order chi connectivity index (χ1) is 18.1. The smallest absolute Gasteiger partial charge is 0.255 e. The number of carbonyl (C=O) groups excluding carboxylic acids is 2. The number of carbonyl (C=O) groups is 2. The lowest BCUT2D eigenvalue weighted by Crippen LogP contribution is -2.26. The molecule has 0 atom stereocenters. The molecule has 7 nitrogen and oxygen atoms in total. The topological polar surface area (TPSA) is 136 Å². The molecule has 2 aromatic carbocycles. The molecule has 0 aliphatic carbocycles. The van der Waals surface area contributed by atoms with E-state index in [-0.39, 0.29) is 29.2 Å². The molecule has 0 saturated heterocycles. The lowest BCUT2D eigenvalue weighted by molar-refractivity contribution is 0.0967. The number of rotatable bonds is 9. The first-order valence-corrected chi connectivity index (χ1v) is 14.1. The van der Waals surface area contributed by atoms with Gasteiger partial charge in [0.1, 0.15) is 0 Å². The predicted octanol–water partition coefficient (Wildman–Crippen LogP) is 5.71. The molecule has 0 radical (unpaired) electrons. The molecular weight excluding hydrogens is 506 g/mol. The summed E-state index contributed by atoms with van der Waals surface area (Å²) >= 11 is 1.53. The third-order valence-corrected chi connectivity index (χ3v) is 7.80. The van der Waals surface area contributed by atoms with Crippen molar-refractivity contribution in [3.05, 3.63) is 80.9 Å². The highest BCUT2D eigenvalue weighted by Crippen LogP contribution is 2.31. The second-order valence-electron chi connectivity index (χ2n) is 11.7. The third-order valence-electron chi connectivity index (χ3n) is 6.62. The number of hydrogen-bond acceptors (Lipinski definition) is 6. The van der Waals surface area contributed by atoms with Crippen molar-refractivity contribution >= 4 is 35.0 Å². The molecule has 0 saturated carbocycles. The van der Waals surface area contributed by atoms with E-state index in [0.29, 0.717) is 40.5 Å². The van der Waals surface area contributed by atoms with Crippen LogP contribution in [0.1, 0.15) is 80.3 Å². The van der Waals surface area contributed by atoms with Crippen LogP contribution in [0.2, 0.25) is 0 Å². The third kappa shape index (κ3) is 8.98. The van der Waals surface area contributed by atoms with Crippen molar-refractivity contribution in [3.63, 3.8) is 0 Å². The summed E-state index contributed by atoms with van der Waals surface area (Å²) in [6.07, 6.45) is 1.97. The number of benzene rings is 2. The first-order valence-electron chi connectivity index (χ1n) is 13.2. The second kappa shape index (κ2) is 13.3. The van der Waals surface area contributed by atoms with Crippen LogP contribution < -0.4 is 27.8 Å². The van der Waals surface area contributed by atoms with E-state index in [1.165, 1.54) is 11.8 Å². The van der Waals surface area contributed by atoms with Gasteiger partial charge in [0.15, 0.2) is 0 Å². The minimum atomic E-state index is -0.327. The average Bonchev–Trinajstić information content (AvgIpc) is 2.85. The van der Waals surface area contributed by atoms with Gasteiger partial charge in [-0.25, -0.2) is 0 Å². The van der Waals surface area contributed by atoms with Gasteiger partial charge in [0.25, 0.3) is 11.8 Å². The number of allylic oxidation sites excluding steroid dienone is 2. The summed E-state index contributed by atoms with van der Waals surface area (Å²) < 4.78 is 0. The summed E-state index contributed by atoms with van der Waals surface area (Å²) in [6, 6.07) is 10.5. The highest BCUT2D eigenvalue weighted by molar-refractivity contribution is 8.03. The fourth-order valence-electron chi connectivity index (χ4n) is 3.54. The highest BCUT2D eigenvalue weighted by Gasteiger charge is 2.20. The maximum absolute atomic E-state index is 13.4. The van der Waals surface area contributed by atoms with E-state index < -0.39 is 0 Å². The summed E-state index contributed by atoms with van der Waals surface area (Å²) in [5.74, 6) is 0.0373. The van der Waals surface area contributed by atoms with Crippen LogP contribution in [0.25, 0.3) is 0 Å². The normalized spacial score (nSPS) is 13.1. The molecule has 8 N–H and O–H groups in total. The molecule has 8 heteroatoms. The van der Waals surface area contributed by atoms with Gasteiger partial charge in [0.05, 0.1) is 5.70 Å². The van der Waals surface area contributed by atoms with Crippen molar-refractivity contribution in [3.8, 4) is 0 Å². The molecule has 0 aromatic heterocycles.